The molecule has 116 valence electrons. The molecule has 21 heavy (non-hydrogen) atoms. The molecule has 7 heteroatoms. The summed E-state index contributed by atoms with van der Waals surface area (Å²) in [5.41, 5.74) is -1.73. The number of carbonyl (C=O) groups excluding carboxylic acids is 1. The molecule has 3 rings (SSSR count). The van der Waals surface area contributed by atoms with Gasteiger partial charge in [-0.15, -0.1) is 0 Å². The molecule has 0 spiro atoms. The van der Waals surface area contributed by atoms with Crippen LogP contribution in [-0.4, -0.2) is 40.2 Å². The molecule has 1 aromatic heterocycles. The third kappa shape index (κ3) is 3.01. The summed E-state index contributed by atoms with van der Waals surface area (Å²) in [4.78, 5) is 17.8. The molecule has 0 aromatic carbocycles. The minimum atomic E-state index is -1.73. The van der Waals surface area contributed by atoms with Gasteiger partial charge >= 0.3 is 6.03 Å². The van der Waals surface area contributed by atoms with E-state index in [1.165, 1.54) is 4.90 Å². The fourth-order valence-corrected chi connectivity index (χ4v) is 3.17. The molecule has 2 heterocycles. The highest BCUT2D eigenvalue weighted by atomic mass is 19.1. The van der Waals surface area contributed by atoms with Gasteiger partial charge in [0.25, 0.3) is 5.89 Å². The second kappa shape index (κ2) is 5.61. The van der Waals surface area contributed by atoms with E-state index < -0.39 is 5.67 Å². The summed E-state index contributed by atoms with van der Waals surface area (Å²) in [6, 6.07) is 0.0546. The Morgan fingerprint density at radius 1 is 1.43 bits per heavy atom. The molecular formula is C14H21FN4O2. The number of halogens is 1. The molecule has 1 aromatic rings. The Hall–Kier alpha value is -1.66. The highest BCUT2D eigenvalue weighted by Crippen LogP contribution is 2.34. The second-order valence-electron chi connectivity index (χ2n) is 6.07. The predicted octanol–water partition coefficient (Wildman–Crippen LogP) is 2.29. The lowest BCUT2D eigenvalue weighted by atomic mass is 9.94. The molecule has 0 radical (unpaired) electrons. The first-order valence-electron chi connectivity index (χ1n) is 7.62. The van der Waals surface area contributed by atoms with E-state index >= 15 is 4.39 Å². The van der Waals surface area contributed by atoms with Crippen LogP contribution in [0.25, 0.3) is 0 Å². The highest BCUT2D eigenvalue weighted by molar-refractivity contribution is 5.74. The maximum Gasteiger partial charge on any atom is 0.317 e. The normalized spacial score (nSPS) is 27.0. The number of amides is 2. The van der Waals surface area contributed by atoms with Crippen LogP contribution in [0.15, 0.2) is 4.52 Å². The van der Waals surface area contributed by atoms with Crippen molar-refractivity contribution in [3.8, 4) is 0 Å². The van der Waals surface area contributed by atoms with Crippen molar-refractivity contribution in [3.05, 3.63) is 11.7 Å². The van der Waals surface area contributed by atoms with E-state index in [1.54, 1.807) is 6.92 Å². The van der Waals surface area contributed by atoms with Crippen LogP contribution in [0.4, 0.5) is 9.18 Å². The van der Waals surface area contributed by atoms with Gasteiger partial charge in [0, 0.05) is 12.6 Å². The number of rotatable bonds is 2. The van der Waals surface area contributed by atoms with Crippen molar-refractivity contribution in [2.45, 2.75) is 57.2 Å². The Balaban J connectivity index is 1.65. The van der Waals surface area contributed by atoms with Crippen molar-refractivity contribution in [1.82, 2.24) is 20.4 Å². The van der Waals surface area contributed by atoms with Crippen molar-refractivity contribution >= 4 is 6.03 Å². The number of likely N-dealkylation sites (tertiary alicyclic amines) is 1. The van der Waals surface area contributed by atoms with Crippen LogP contribution >= 0.6 is 0 Å². The van der Waals surface area contributed by atoms with Gasteiger partial charge in [0.1, 0.15) is 0 Å². The fourth-order valence-electron chi connectivity index (χ4n) is 3.17. The number of urea groups is 1. The maximum absolute atomic E-state index is 15.0. The number of hydrogen-bond acceptors (Lipinski definition) is 4. The molecule has 1 aliphatic carbocycles. The number of nitrogens with one attached hydrogen (secondary N) is 1. The van der Waals surface area contributed by atoms with Crippen LogP contribution in [0.2, 0.25) is 0 Å². The lowest BCUT2D eigenvalue weighted by Gasteiger charge is -2.35. The minimum Gasteiger partial charge on any atom is -0.336 e. The highest BCUT2D eigenvalue weighted by Gasteiger charge is 2.43. The summed E-state index contributed by atoms with van der Waals surface area (Å²) >= 11 is 0. The molecule has 2 amide bonds. The molecule has 1 atom stereocenters. The number of nitrogens with zero attached hydrogens (tertiary/aromatic N) is 3. The largest absolute Gasteiger partial charge is 0.336 e. The molecule has 1 unspecified atom stereocenters. The predicted molar refractivity (Wildman–Crippen MR) is 73.4 cm³/mol. The Morgan fingerprint density at radius 2 is 2.19 bits per heavy atom. The van der Waals surface area contributed by atoms with Crippen molar-refractivity contribution in [2.24, 2.45) is 0 Å². The van der Waals surface area contributed by atoms with Gasteiger partial charge in [0.2, 0.25) is 5.67 Å². The molecule has 1 saturated carbocycles. The van der Waals surface area contributed by atoms with Gasteiger partial charge in [-0.25, -0.2) is 9.18 Å². The van der Waals surface area contributed by atoms with E-state index in [4.69, 9.17) is 4.52 Å². The molecule has 1 saturated heterocycles. The molecule has 1 aliphatic heterocycles. The van der Waals surface area contributed by atoms with Crippen molar-refractivity contribution < 1.29 is 13.7 Å². The SMILES string of the molecule is Cc1noc(C2(F)CCCN(C(=O)NC3CCCC3)C2)n1. The summed E-state index contributed by atoms with van der Waals surface area (Å²) in [6.07, 6.45) is 5.24. The summed E-state index contributed by atoms with van der Waals surface area (Å²) in [5.74, 6) is 0.396. The van der Waals surface area contributed by atoms with E-state index in [1.807, 2.05) is 0 Å². The summed E-state index contributed by atoms with van der Waals surface area (Å²) in [6.45, 7) is 2.20. The summed E-state index contributed by atoms with van der Waals surface area (Å²) in [5, 5.41) is 6.64. The summed E-state index contributed by atoms with van der Waals surface area (Å²) in [7, 11) is 0. The van der Waals surface area contributed by atoms with Gasteiger partial charge in [0.05, 0.1) is 6.54 Å². The number of piperidine rings is 1. The third-order valence-electron chi connectivity index (χ3n) is 4.32. The molecule has 6 nitrogen and oxygen atoms in total. The quantitative estimate of drug-likeness (QED) is 0.909. The van der Waals surface area contributed by atoms with Crippen LogP contribution < -0.4 is 5.32 Å². The Kier molecular flexibility index (Phi) is 3.82. The zero-order valence-electron chi connectivity index (χ0n) is 12.3. The van der Waals surface area contributed by atoms with Crippen molar-refractivity contribution in [3.63, 3.8) is 0 Å². The van der Waals surface area contributed by atoms with Crippen LogP contribution in [0.3, 0.4) is 0 Å². The lowest BCUT2D eigenvalue weighted by Crippen LogP contribution is -2.51. The molecule has 2 fully saturated rings. The van der Waals surface area contributed by atoms with Crippen LogP contribution in [0, 0.1) is 6.92 Å². The van der Waals surface area contributed by atoms with Gasteiger partial charge < -0.3 is 14.7 Å². The molecular weight excluding hydrogens is 275 g/mol. The molecule has 0 bridgehead atoms. The van der Waals surface area contributed by atoms with Gasteiger partial charge in [-0.3, -0.25) is 0 Å². The van der Waals surface area contributed by atoms with E-state index in [0.29, 0.717) is 25.2 Å². The minimum absolute atomic E-state index is 0.0154. The van der Waals surface area contributed by atoms with Gasteiger partial charge in [-0.05, 0) is 32.6 Å². The number of hydrogen-bond donors (Lipinski definition) is 1. The summed E-state index contributed by atoms with van der Waals surface area (Å²) < 4.78 is 20.0. The van der Waals surface area contributed by atoms with E-state index in [9.17, 15) is 4.79 Å². The van der Waals surface area contributed by atoms with Crippen molar-refractivity contribution in [1.29, 1.82) is 0 Å². The zero-order chi connectivity index (χ0) is 14.9. The van der Waals surface area contributed by atoms with E-state index in [-0.39, 0.29) is 24.5 Å². The number of alkyl halides is 1. The van der Waals surface area contributed by atoms with E-state index in [0.717, 1.165) is 25.7 Å². The van der Waals surface area contributed by atoms with Crippen LogP contribution in [0.1, 0.15) is 50.2 Å². The average Bonchev–Trinajstić information content (AvgIpc) is 3.10. The van der Waals surface area contributed by atoms with Gasteiger partial charge in [0.15, 0.2) is 5.82 Å². The lowest BCUT2D eigenvalue weighted by molar-refractivity contribution is 0.0302. The average molecular weight is 296 g/mol. The smallest absolute Gasteiger partial charge is 0.317 e. The van der Waals surface area contributed by atoms with E-state index in [2.05, 4.69) is 15.5 Å². The number of aromatic nitrogens is 2. The Labute approximate surface area is 123 Å². The topological polar surface area (TPSA) is 71.3 Å². The zero-order valence-corrected chi connectivity index (χ0v) is 12.3. The monoisotopic (exact) mass is 296 g/mol. The third-order valence-corrected chi connectivity index (χ3v) is 4.32. The first-order valence-corrected chi connectivity index (χ1v) is 7.62. The molecule has 2 aliphatic rings. The van der Waals surface area contributed by atoms with Gasteiger partial charge in [-0.1, -0.05) is 18.0 Å². The number of aryl methyl sites for hydroxylation is 1. The standard InChI is InChI=1S/C14H21FN4O2/c1-10-16-12(21-18-10)14(15)7-4-8-19(9-14)13(20)17-11-5-2-3-6-11/h11H,2-9H2,1H3,(H,17,20). The Bertz CT molecular complexity index is 515. The first kappa shape index (κ1) is 14.3. The first-order chi connectivity index (χ1) is 10.1. The second-order valence-corrected chi connectivity index (χ2v) is 6.07. The van der Waals surface area contributed by atoms with Crippen LogP contribution in [0.5, 0.6) is 0 Å². The molecule has 1 N–H and O–H groups in total. The van der Waals surface area contributed by atoms with Gasteiger partial charge in [-0.2, -0.15) is 4.98 Å². The fraction of sp³-hybridized carbons (Fsp3) is 0.786. The number of carbonyl (C=O) groups is 1. The van der Waals surface area contributed by atoms with Crippen molar-refractivity contribution in [2.75, 3.05) is 13.1 Å². The Morgan fingerprint density at radius 3 is 2.86 bits per heavy atom. The van der Waals surface area contributed by atoms with Crippen LogP contribution in [-0.2, 0) is 5.67 Å². The maximum atomic E-state index is 15.0.